The first-order valence-electron chi connectivity index (χ1n) is 16.0. The summed E-state index contributed by atoms with van der Waals surface area (Å²) < 4.78 is 29.6. The van der Waals surface area contributed by atoms with Crippen LogP contribution in [0.1, 0.15) is 54.4 Å². The lowest BCUT2D eigenvalue weighted by molar-refractivity contribution is -0.140. The van der Waals surface area contributed by atoms with E-state index in [1.54, 1.807) is 47.4 Å². The van der Waals surface area contributed by atoms with E-state index < -0.39 is 28.5 Å². The zero-order valence-corrected chi connectivity index (χ0v) is 27.5. The highest BCUT2D eigenvalue weighted by Crippen LogP contribution is 2.26. The van der Waals surface area contributed by atoms with Crippen LogP contribution < -0.4 is 9.62 Å². The van der Waals surface area contributed by atoms with Crippen LogP contribution in [0, 0.1) is 13.8 Å². The molecule has 46 heavy (non-hydrogen) atoms. The highest BCUT2D eigenvalue weighted by Gasteiger charge is 2.35. The van der Waals surface area contributed by atoms with E-state index in [0.717, 1.165) is 54.4 Å². The number of carbonyl (C=O) groups is 2. The number of sulfonamides is 1. The molecule has 0 aliphatic heterocycles. The molecule has 4 aromatic carbocycles. The number of nitrogens with one attached hydrogen (secondary N) is 1. The summed E-state index contributed by atoms with van der Waals surface area (Å²) in [6, 6.07) is 32.1. The predicted octanol–water partition coefficient (Wildman–Crippen LogP) is 6.59. The van der Waals surface area contributed by atoms with E-state index in [9.17, 15) is 18.0 Å². The number of benzene rings is 4. The molecule has 0 saturated heterocycles. The van der Waals surface area contributed by atoms with Gasteiger partial charge in [-0.2, -0.15) is 0 Å². The molecule has 1 atom stereocenters. The number of amides is 2. The number of carbonyl (C=O) groups excluding carboxylic acids is 2. The quantitative estimate of drug-likeness (QED) is 0.190. The van der Waals surface area contributed by atoms with Gasteiger partial charge in [-0.25, -0.2) is 8.42 Å². The maximum absolute atomic E-state index is 14.6. The van der Waals surface area contributed by atoms with E-state index in [0.29, 0.717) is 12.1 Å². The standard InChI is InChI=1S/C38H43N3O4S/c1-29-21-23-35(24-22-29)46(44,45)41(34-20-12-13-30(2)25-34)28-37(42)40(27-32-16-8-4-9-17-32)36(26-31-14-6-3-7-15-31)38(43)39-33-18-10-5-11-19-33/h3-4,6-9,12-17,20-25,33,36H,5,10-11,18-19,26-28H2,1-2H3,(H,39,43)/t36-/m0/s1. The first kappa shape index (κ1) is 32.9. The van der Waals surface area contributed by atoms with Gasteiger partial charge in [-0.1, -0.05) is 110 Å². The number of nitrogens with zero attached hydrogens (tertiary/aromatic N) is 2. The Morgan fingerprint density at radius 3 is 2.02 bits per heavy atom. The average molecular weight is 638 g/mol. The van der Waals surface area contributed by atoms with E-state index in [1.165, 1.54) is 4.31 Å². The largest absolute Gasteiger partial charge is 0.352 e. The molecule has 0 aromatic heterocycles. The molecule has 0 heterocycles. The molecule has 4 aromatic rings. The third-order valence-corrected chi connectivity index (χ3v) is 10.4. The topological polar surface area (TPSA) is 86.8 Å². The highest BCUT2D eigenvalue weighted by molar-refractivity contribution is 7.92. The summed E-state index contributed by atoms with van der Waals surface area (Å²) in [5.41, 5.74) is 3.95. The van der Waals surface area contributed by atoms with Crippen molar-refractivity contribution in [3.05, 3.63) is 131 Å². The van der Waals surface area contributed by atoms with Gasteiger partial charge in [-0.3, -0.25) is 13.9 Å². The van der Waals surface area contributed by atoms with Crippen LogP contribution in [0.2, 0.25) is 0 Å². The number of anilines is 1. The molecule has 0 bridgehead atoms. The van der Waals surface area contributed by atoms with E-state index in [2.05, 4.69) is 5.32 Å². The van der Waals surface area contributed by atoms with Gasteiger partial charge in [0.25, 0.3) is 10.0 Å². The minimum Gasteiger partial charge on any atom is -0.352 e. The molecule has 1 N–H and O–H groups in total. The fourth-order valence-corrected chi connectivity index (χ4v) is 7.43. The summed E-state index contributed by atoms with van der Waals surface area (Å²) in [5.74, 6) is -0.677. The fraction of sp³-hybridized carbons (Fsp3) is 0.316. The van der Waals surface area contributed by atoms with Crippen LogP contribution in [0.3, 0.4) is 0 Å². The Kier molecular flexibility index (Phi) is 10.9. The normalized spacial score (nSPS) is 14.3. The molecule has 1 aliphatic rings. The lowest BCUT2D eigenvalue weighted by Crippen LogP contribution is -2.55. The van der Waals surface area contributed by atoms with Gasteiger partial charge in [-0.05, 0) is 67.6 Å². The molecule has 7 nitrogen and oxygen atoms in total. The number of aryl methyl sites for hydroxylation is 2. The van der Waals surface area contributed by atoms with Gasteiger partial charge < -0.3 is 10.2 Å². The second kappa shape index (κ2) is 15.2. The zero-order valence-electron chi connectivity index (χ0n) is 26.6. The van der Waals surface area contributed by atoms with Crippen molar-refractivity contribution in [1.82, 2.24) is 10.2 Å². The Morgan fingerprint density at radius 1 is 0.761 bits per heavy atom. The Balaban J connectivity index is 1.55. The molecule has 0 spiro atoms. The van der Waals surface area contributed by atoms with Crippen LogP contribution in [-0.4, -0.2) is 43.8 Å². The Hall–Kier alpha value is -4.43. The van der Waals surface area contributed by atoms with Crippen LogP contribution >= 0.6 is 0 Å². The molecule has 0 unspecified atom stereocenters. The average Bonchev–Trinajstić information content (AvgIpc) is 3.06. The lowest BCUT2D eigenvalue weighted by Gasteiger charge is -2.35. The number of hydrogen-bond donors (Lipinski definition) is 1. The van der Waals surface area contributed by atoms with E-state index in [1.807, 2.05) is 80.6 Å². The lowest BCUT2D eigenvalue weighted by atomic mass is 9.94. The Labute approximate surface area is 273 Å². The zero-order chi connectivity index (χ0) is 32.5. The van der Waals surface area contributed by atoms with Crippen molar-refractivity contribution in [1.29, 1.82) is 0 Å². The van der Waals surface area contributed by atoms with E-state index in [4.69, 9.17) is 0 Å². The van der Waals surface area contributed by atoms with Crippen LogP contribution in [0.25, 0.3) is 0 Å². The molecule has 1 fully saturated rings. The molecule has 8 heteroatoms. The highest BCUT2D eigenvalue weighted by atomic mass is 32.2. The SMILES string of the molecule is Cc1ccc(S(=O)(=O)N(CC(=O)N(Cc2ccccc2)[C@@H](Cc2ccccc2)C(=O)NC2CCCCC2)c2cccc(C)c2)cc1. The summed E-state index contributed by atoms with van der Waals surface area (Å²) in [6.45, 7) is 3.47. The number of rotatable bonds is 12. The third-order valence-electron chi connectivity index (χ3n) is 8.60. The smallest absolute Gasteiger partial charge is 0.264 e. The van der Waals surface area contributed by atoms with Gasteiger partial charge in [0, 0.05) is 19.0 Å². The van der Waals surface area contributed by atoms with Crippen LogP contribution in [0.15, 0.2) is 114 Å². The first-order valence-corrected chi connectivity index (χ1v) is 17.5. The summed E-state index contributed by atoms with van der Waals surface area (Å²) >= 11 is 0. The molecular weight excluding hydrogens is 595 g/mol. The van der Waals surface area contributed by atoms with Gasteiger partial charge in [0.15, 0.2) is 0 Å². The van der Waals surface area contributed by atoms with Gasteiger partial charge in [-0.15, -0.1) is 0 Å². The second-order valence-corrected chi connectivity index (χ2v) is 14.1. The van der Waals surface area contributed by atoms with Crippen molar-refractivity contribution in [3.63, 3.8) is 0 Å². The minimum atomic E-state index is -4.13. The van der Waals surface area contributed by atoms with Gasteiger partial charge in [0.1, 0.15) is 12.6 Å². The van der Waals surface area contributed by atoms with Crippen molar-refractivity contribution >= 4 is 27.5 Å². The third kappa shape index (κ3) is 8.43. The van der Waals surface area contributed by atoms with Crippen molar-refractivity contribution in [3.8, 4) is 0 Å². The van der Waals surface area contributed by atoms with E-state index in [-0.39, 0.29) is 23.4 Å². The Morgan fingerprint density at radius 2 is 1.39 bits per heavy atom. The van der Waals surface area contributed by atoms with Crippen molar-refractivity contribution in [2.45, 2.75) is 75.9 Å². The van der Waals surface area contributed by atoms with Gasteiger partial charge in [0.2, 0.25) is 11.8 Å². The summed E-state index contributed by atoms with van der Waals surface area (Å²) in [7, 11) is -4.13. The molecule has 1 aliphatic carbocycles. The minimum absolute atomic E-state index is 0.0545. The first-order chi connectivity index (χ1) is 22.2. The number of hydrogen-bond acceptors (Lipinski definition) is 4. The van der Waals surface area contributed by atoms with Crippen molar-refractivity contribution in [2.24, 2.45) is 0 Å². The van der Waals surface area contributed by atoms with Crippen LogP contribution in [0.5, 0.6) is 0 Å². The van der Waals surface area contributed by atoms with Crippen molar-refractivity contribution in [2.75, 3.05) is 10.8 Å². The predicted molar refractivity (Wildman–Crippen MR) is 183 cm³/mol. The molecule has 1 saturated carbocycles. The monoisotopic (exact) mass is 637 g/mol. The summed E-state index contributed by atoms with van der Waals surface area (Å²) in [6.07, 6.45) is 5.39. The summed E-state index contributed by atoms with van der Waals surface area (Å²) in [5, 5.41) is 3.25. The van der Waals surface area contributed by atoms with Crippen LogP contribution in [0.4, 0.5) is 5.69 Å². The molecule has 0 radical (unpaired) electrons. The van der Waals surface area contributed by atoms with Crippen molar-refractivity contribution < 1.29 is 18.0 Å². The van der Waals surface area contributed by atoms with Gasteiger partial charge >= 0.3 is 0 Å². The molecular formula is C38H43N3O4S. The maximum atomic E-state index is 14.6. The second-order valence-electron chi connectivity index (χ2n) is 12.2. The maximum Gasteiger partial charge on any atom is 0.264 e. The van der Waals surface area contributed by atoms with E-state index >= 15 is 0 Å². The molecule has 5 rings (SSSR count). The summed E-state index contributed by atoms with van der Waals surface area (Å²) in [4.78, 5) is 30.4. The Bertz CT molecular complexity index is 1700. The van der Waals surface area contributed by atoms with Gasteiger partial charge in [0.05, 0.1) is 10.6 Å². The molecule has 2 amide bonds. The molecule has 240 valence electrons. The fourth-order valence-electron chi connectivity index (χ4n) is 6.03. The van der Waals surface area contributed by atoms with Crippen LogP contribution in [-0.2, 0) is 32.6 Å².